The molecule has 2 unspecified atom stereocenters. The monoisotopic (exact) mass is 1250 g/mol. The van der Waals surface area contributed by atoms with Crippen molar-refractivity contribution in [3.63, 3.8) is 0 Å². The summed E-state index contributed by atoms with van der Waals surface area (Å²) < 4.78 is 73.9. The van der Waals surface area contributed by atoms with E-state index in [4.69, 9.17) is 56.6 Å². The Labute approximate surface area is 500 Å². The standard InChI is InChI=1S/C57H55Cl4F3N10O9S/c1-28-19-43-36(24-69(28)53(77)33-10-15-38(58)40(60)21-33)49-55(79)71(30(3)32-12-17-48(42(62)23-32)83-57(63)64)26-47(74(49)68-43)52(76)66-18-6-7-45(31-8-13-35(14-9-31)84(5,81)82)72-27-46(51(75)65-4)73-50(56(72)80)37-25-70(29(2)20-44(37)67-73)54(78)34-11-16-39(59)41(61)22-34/h8-17,21-23,28-30,45-47,57H,6-7,18-20,24-27H2,1-5H3,(H,65,75)(H,66,76)/t28-,29-,30?,45?,46+,47+/m1/s1. The van der Waals surface area contributed by atoms with Crippen LogP contribution in [-0.2, 0) is 45.4 Å². The van der Waals surface area contributed by atoms with Crippen molar-refractivity contribution in [1.82, 2.24) is 49.8 Å². The number of fused-ring (bicyclic) bond motifs is 6. The van der Waals surface area contributed by atoms with E-state index >= 15 is 9.18 Å². The Balaban J connectivity index is 0.949. The number of ether oxygens (including phenoxy) is 1. The largest absolute Gasteiger partial charge is 0.432 e. The van der Waals surface area contributed by atoms with Crippen LogP contribution in [0.4, 0.5) is 13.2 Å². The SMILES string of the molecule is CNC(=O)[C@@H]1CN(C(CCCNC(=O)[C@@H]2CN(C(C)c3ccc(OC(F)F)c(F)c3)C(=O)c3c4c(nn32)C[C@@H](C)N(C(=O)c2ccc(Cl)c(Cl)c2)C4)c2ccc(S(C)(=O)=O)cc2)C(=O)c2c3c(nn21)C[C@@H](C)N(C(=O)c1ccc(Cl)c(Cl)c1)C3. The fourth-order valence-electron chi connectivity index (χ4n) is 11.5. The van der Waals surface area contributed by atoms with E-state index in [0.717, 1.165) is 18.4 Å². The molecule has 4 aromatic carbocycles. The molecule has 84 heavy (non-hydrogen) atoms. The number of sulfone groups is 1. The number of halogens is 7. The molecule has 0 aliphatic carbocycles. The summed E-state index contributed by atoms with van der Waals surface area (Å²) in [6.45, 7) is 1.34. The molecule has 0 bridgehead atoms. The van der Waals surface area contributed by atoms with E-state index in [1.807, 2.05) is 13.8 Å². The van der Waals surface area contributed by atoms with Crippen LogP contribution in [0.5, 0.6) is 5.75 Å². The lowest BCUT2D eigenvalue weighted by atomic mass is 9.94. The second kappa shape index (κ2) is 23.7. The van der Waals surface area contributed by atoms with Gasteiger partial charge in [0.1, 0.15) is 23.5 Å². The Morgan fingerprint density at radius 2 is 1.20 bits per heavy atom. The zero-order valence-electron chi connectivity index (χ0n) is 45.7. The van der Waals surface area contributed by atoms with Gasteiger partial charge >= 0.3 is 6.61 Å². The molecule has 0 radical (unpaired) electrons. The molecule has 0 fully saturated rings. The zero-order valence-corrected chi connectivity index (χ0v) is 49.6. The maximum Gasteiger partial charge on any atom is 0.387 e. The van der Waals surface area contributed by atoms with Crippen LogP contribution >= 0.6 is 46.4 Å². The molecule has 6 atom stereocenters. The van der Waals surface area contributed by atoms with Crippen molar-refractivity contribution >= 4 is 91.7 Å². The fourth-order valence-corrected chi connectivity index (χ4v) is 12.7. The topological polar surface area (TPSA) is 218 Å². The minimum atomic E-state index is -3.66. The summed E-state index contributed by atoms with van der Waals surface area (Å²) in [4.78, 5) is 93.1. The molecular formula is C57H55Cl4F3N10O9S. The number of rotatable bonds is 15. The van der Waals surface area contributed by atoms with Gasteiger partial charge < -0.3 is 35.0 Å². The van der Waals surface area contributed by atoms with Gasteiger partial charge in [0, 0.05) is 67.0 Å². The van der Waals surface area contributed by atoms with Gasteiger partial charge in [0.05, 0.1) is 74.6 Å². The summed E-state index contributed by atoms with van der Waals surface area (Å²) >= 11 is 24.9. The molecule has 2 aromatic heterocycles. The summed E-state index contributed by atoms with van der Waals surface area (Å²) in [5.74, 6) is -4.75. The zero-order chi connectivity index (χ0) is 60.4. The lowest BCUT2D eigenvalue weighted by Crippen LogP contribution is -2.50. The number of nitrogens with zero attached hydrogens (tertiary/aromatic N) is 8. The van der Waals surface area contributed by atoms with Gasteiger partial charge in [-0.15, -0.1) is 0 Å². The molecule has 442 valence electrons. The van der Waals surface area contributed by atoms with Crippen LogP contribution in [0.2, 0.25) is 20.1 Å². The van der Waals surface area contributed by atoms with Gasteiger partial charge in [-0.05, 0) is 105 Å². The first-order valence-corrected chi connectivity index (χ1v) is 30.1. The highest BCUT2D eigenvalue weighted by Crippen LogP contribution is 2.40. The normalized spacial score (nSPS) is 19.3. The number of benzene rings is 4. The molecule has 4 aliphatic heterocycles. The second-order valence-corrected chi connectivity index (χ2v) is 24.9. The van der Waals surface area contributed by atoms with Crippen LogP contribution in [-0.4, -0.2) is 135 Å². The van der Waals surface area contributed by atoms with E-state index < -0.39 is 87.8 Å². The minimum Gasteiger partial charge on any atom is -0.432 e. The number of hydrogen-bond acceptors (Lipinski definition) is 11. The van der Waals surface area contributed by atoms with Crippen molar-refractivity contribution in [2.45, 2.75) is 107 Å². The third kappa shape index (κ3) is 11.4. The Hall–Kier alpha value is -7.18. The van der Waals surface area contributed by atoms with Gasteiger partial charge in [0.15, 0.2) is 21.4 Å². The smallest absolute Gasteiger partial charge is 0.387 e. The molecule has 0 saturated heterocycles. The lowest BCUT2D eigenvalue weighted by Gasteiger charge is -2.39. The molecule has 2 N–H and O–H groups in total. The molecule has 0 spiro atoms. The van der Waals surface area contributed by atoms with Gasteiger partial charge in [0.2, 0.25) is 11.8 Å². The van der Waals surface area contributed by atoms with Crippen molar-refractivity contribution in [1.29, 1.82) is 0 Å². The average Bonchev–Trinajstić information content (AvgIpc) is 1.86. The van der Waals surface area contributed by atoms with Crippen molar-refractivity contribution < 1.29 is 55.1 Å². The van der Waals surface area contributed by atoms with Crippen molar-refractivity contribution in [2.24, 2.45) is 0 Å². The highest BCUT2D eigenvalue weighted by Gasteiger charge is 2.46. The molecule has 10 rings (SSSR count). The molecule has 6 heterocycles. The maximum absolute atomic E-state index is 15.3. The van der Waals surface area contributed by atoms with Gasteiger partial charge in [-0.2, -0.15) is 19.0 Å². The molecular weight excluding hydrogens is 1200 g/mol. The Morgan fingerprint density at radius 1 is 0.702 bits per heavy atom. The molecule has 0 saturated carbocycles. The first-order valence-electron chi connectivity index (χ1n) is 26.7. The molecule has 6 amide bonds. The van der Waals surface area contributed by atoms with Crippen LogP contribution < -0.4 is 15.4 Å². The van der Waals surface area contributed by atoms with Gasteiger partial charge in [-0.1, -0.05) is 64.6 Å². The third-order valence-electron chi connectivity index (χ3n) is 16.0. The maximum atomic E-state index is 15.3. The van der Waals surface area contributed by atoms with Gasteiger partial charge in [0.25, 0.3) is 23.6 Å². The lowest BCUT2D eigenvalue weighted by molar-refractivity contribution is -0.126. The predicted molar refractivity (Wildman–Crippen MR) is 304 cm³/mol. The first kappa shape index (κ1) is 60.0. The summed E-state index contributed by atoms with van der Waals surface area (Å²) in [6, 6.07) is 13.5. The summed E-state index contributed by atoms with van der Waals surface area (Å²) in [7, 11) is -2.20. The van der Waals surface area contributed by atoms with Crippen LogP contribution in [0.25, 0.3) is 0 Å². The van der Waals surface area contributed by atoms with Crippen LogP contribution in [0.1, 0.15) is 133 Å². The van der Waals surface area contributed by atoms with Crippen LogP contribution in [0.15, 0.2) is 83.8 Å². The average molecular weight is 1260 g/mol. The first-order chi connectivity index (χ1) is 39.8. The van der Waals surface area contributed by atoms with E-state index in [1.54, 1.807) is 34.9 Å². The summed E-state index contributed by atoms with van der Waals surface area (Å²) in [5, 5.41) is 16.2. The highest BCUT2D eigenvalue weighted by molar-refractivity contribution is 7.90. The predicted octanol–water partition coefficient (Wildman–Crippen LogP) is 8.85. The van der Waals surface area contributed by atoms with Crippen molar-refractivity contribution in [2.75, 3.05) is 32.9 Å². The molecule has 4 aliphatic rings. The number of alkyl halides is 2. The van der Waals surface area contributed by atoms with E-state index in [2.05, 4.69) is 15.4 Å². The number of hydrogen-bond donors (Lipinski definition) is 2. The Kier molecular flexibility index (Phi) is 16.9. The molecule has 6 aromatic rings. The summed E-state index contributed by atoms with van der Waals surface area (Å²) in [6.07, 6.45) is 1.84. The number of amides is 6. The quantitative estimate of drug-likeness (QED) is 0.0926. The Bertz CT molecular complexity index is 3790. The minimum absolute atomic E-state index is 0.00449. The van der Waals surface area contributed by atoms with Crippen LogP contribution in [0, 0.1) is 5.82 Å². The van der Waals surface area contributed by atoms with E-state index in [0.29, 0.717) is 28.1 Å². The van der Waals surface area contributed by atoms with E-state index in [9.17, 15) is 41.2 Å². The number of carbonyl (C=O) groups is 6. The van der Waals surface area contributed by atoms with E-state index in [-0.39, 0.29) is 123 Å². The van der Waals surface area contributed by atoms with Crippen molar-refractivity contribution in [3.05, 3.63) is 161 Å². The fraction of sp³-hybridized carbons (Fsp3) is 0.368. The van der Waals surface area contributed by atoms with E-state index in [1.165, 1.54) is 74.7 Å². The van der Waals surface area contributed by atoms with Gasteiger partial charge in [-0.25, -0.2) is 22.2 Å². The number of aromatic nitrogens is 4. The number of nitrogens with one attached hydrogen (secondary N) is 2. The number of carbonyl (C=O) groups excluding carboxylic acids is 6. The van der Waals surface area contributed by atoms with Crippen LogP contribution in [0.3, 0.4) is 0 Å². The second-order valence-electron chi connectivity index (χ2n) is 21.3. The van der Waals surface area contributed by atoms with Gasteiger partial charge in [-0.3, -0.25) is 28.8 Å². The summed E-state index contributed by atoms with van der Waals surface area (Å²) in [5.41, 5.74) is 3.14. The number of likely N-dealkylation sites (N-methyl/N-ethyl adjacent to an activating group) is 1. The third-order valence-corrected chi connectivity index (χ3v) is 18.6. The molecule has 27 heteroatoms. The van der Waals surface area contributed by atoms with Crippen molar-refractivity contribution in [3.8, 4) is 5.75 Å². The Morgan fingerprint density at radius 3 is 1.69 bits per heavy atom. The highest BCUT2D eigenvalue weighted by atomic mass is 35.5. The molecule has 19 nitrogen and oxygen atoms in total.